The molecule has 3 heterocycles. The van der Waals surface area contributed by atoms with Crippen molar-refractivity contribution in [3.8, 4) is 11.1 Å². The average Bonchev–Trinajstić information content (AvgIpc) is 3.21. The van der Waals surface area contributed by atoms with Gasteiger partial charge >= 0.3 is 0 Å². The molecule has 0 radical (unpaired) electrons. The molecule has 1 aliphatic carbocycles. The van der Waals surface area contributed by atoms with Gasteiger partial charge in [0.15, 0.2) is 0 Å². The fraction of sp³-hybridized carbons (Fsp3) is 0.240. The minimum absolute atomic E-state index is 0.0209. The monoisotopic (exact) mass is 485 g/mol. The maximum Gasteiger partial charge on any atom is 0.230 e. The number of thiazole rings is 1. The summed E-state index contributed by atoms with van der Waals surface area (Å²) >= 11 is 1.59. The van der Waals surface area contributed by atoms with Gasteiger partial charge < -0.3 is 15.5 Å². The van der Waals surface area contributed by atoms with E-state index in [1.54, 1.807) is 11.3 Å². The highest BCUT2D eigenvalue weighted by atomic mass is 32.1. The molecule has 9 nitrogen and oxygen atoms in total. The molecule has 0 saturated heterocycles. The van der Waals surface area contributed by atoms with E-state index in [1.165, 1.54) is 5.56 Å². The summed E-state index contributed by atoms with van der Waals surface area (Å²) in [5.74, 6) is 0.501. The standard InChI is InChI=1S/C25H23N7O2S/c26-25(8-9-25)29-21(33)11-22-30-31-23(34-22)12-24-28-19-7-6-17(10-20(19)35-24)18-13-27-32(15-18)14-16-4-2-1-3-5-16/h1-7,10,13,15H,8-9,11-12,14,26H2,(H,29,33). The summed E-state index contributed by atoms with van der Waals surface area (Å²) in [7, 11) is 0. The molecule has 2 aromatic carbocycles. The number of benzene rings is 2. The van der Waals surface area contributed by atoms with Crippen LogP contribution in [0, 0.1) is 0 Å². The molecule has 0 aliphatic heterocycles. The quantitative estimate of drug-likeness (QED) is 0.323. The van der Waals surface area contributed by atoms with Crippen LogP contribution < -0.4 is 11.1 Å². The first-order chi connectivity index (χ1) is 17.0. The van der Waals surface area contributed by atoms with Gasteiger partial charge in [0, 0.05) is 11.8 Å². The molecule has 176 valence electrons. The summed E-state index contributed by atoms with van der Waals surface area (Å²) in [6, 6.07) is 16.5. The van der Waals surface area contributed by atoms with Gasteiger partial charge in [-0.3, -0.25) is 9.48 Å². The zero-order valence-electron chi connectivity index (χ0n) is 18.8. The van der Waals surface area contributed by atoms with Crippen molar-refractivity contribution in [2.45, 2.75) is 37.9 Å². The number of hydrogen-bond acceptors (Lipinski definition) is 8. The van der Waals surface area contributed by atoms with Gasteiger partial charge in [-0.2, -0.15) is 5.10 Å². The van der Waals surface area contributed by atoms with E-state index in [2.05, 4.69) is 51.1 Å². The molecule has 1 saturated carbocycles. The molecular weight excluding hydrogens is 462 g/mol. The lowest BCUT2D eigenvalue weighted by atomic mass is 10.1. The lowest BCUT2D eigenvalue weighted by Crippen LogP contribution is -2.44. The van der Waals surface area contributed by atoms with Crippen molar-refractivity contribution in [2.24, 2.45) is 5.73 Å². The van der Waals surface area contributed by atoms with Crippen molar-refractivity contribution in [1.82, 2.24) is 30.3 Å². The molecule has 0 spiro atoms. The van der Waals surface area contributed by atoms with Gasteiger partial charge in [-0.25, -0.2) is 4.98 Å². The zero-order chi connectivity index (χ0) is 23.8. The van der Waals surface area contributed by atoms with Crippen molar-refractivity contribution in [1.29, 1.82) is 0 Å². The summed E-state index contributed by atoms with van der Waals surface area (Å²) in [6.45, 7) is 0.731. The Kier molecular flexibility index (Phi) is 5.39. The Hall–Kier alpha value is -3.89. The first-order valence-electron chi connectivity index (χ1n) is 11.4. The highest BCUT2D eigenvalue weighted by Crippen LogP contribution is 2.30. The molecule has 1 fully saturated rings. The number of hydrogen-bond donors (Lipinski definition) is 2. The number of carbonyl (C=O) groups is 1. The van der Waals surface area contributed by atoms with Crippen LogP contribution in [0.3, 0.4) is 0 Å². The number of rotatable bonds is 8. The van der Waals surface area contributed by atoms with Gasteiger partial charge in [-0.15, -0.1) is 21.5 Å². The van der Waals surface area contributed by atoms with E-state index >= 15 is 0 Å². The fourth-order valence-electron chi connectivity index (χ4n) is 3.88. The van der Waals surface area contributed by atoms with Crippen LogP contribution in [0.25, 0.3) is 21.3 Å². The number of amides is 1. The van der Waals surface area contributed by atoms with E-state index in [9.17, 15) is 4.79 Å². The SMILES string of the molecule is NC1(NC(=O)Cc2nnc(Cc3nc4ccc(-c5cnn(Cc6ccccc6)c5)cc4s3)o2)CC1. The minimum Gasteiger partial charge on any atom is -0.424 e. The molecule has 35 heavy (non-hydrogen) atoms. The highest BCUT2D eigenvalue weighted by molar-refractivity contribution is 7.18. The van der Waals surface area contributed by atoms with Crippen LogP contribution in [0.4, 0.5) is 0 Å². The second-order valence-corrected chi connectivity index (χ2v) is 9.96. The van der Waals surface area contributed by atoms with E-state index in [4.69, 9.17) is 15.1 Å². The number of carbonyl (C=O) groups excluding carboxylic acids is 1. The van der Waals surface area contributed by atoms with Gasteiger partial charge in [-0.05, 0) is 36.1 Å². The van der Waals surface area contributed by atoms with E-state index in [0.29, 0.717) is 12.3 Å². The number of fused-ring (bicyclic) bond motifs is 1. The molecule has 0 unspecified atom stereocenters. The molecule has 5 aromatic rings. The van der Waals surface area contributed by atoms with E-state index in [-0.39, 0.29) is 18.2 Å². The van der Waals surface area contributed by atoms with Gasteiger partial charge in [0.25, 0.3) is 0 Å². The van der Waals surface area contributed by atoms with Crippen molar-refractivity contribution in [3.05, 3.63) is 83.3 Å². The lowest BCUT2D eigenvalue weighted by Gasteiger charge is -2.09. The Balaban J connectivity index is 1.13. The smallest absolute Gasteiger partial charge is 0.230 e. The zero-order valence-corrected chi connectivity index (χ0v) is 19.7. The number of nitrogens with two attached hydrogens (primary N) is 1. The van der Waals surface area contributed by atoms with E-state index in [0.717, 1.165) is 45.7 Å². The normalized spacial score (nSPS) is 14.3. The van der Waals surface area contributed by atoms with E-state index < -0.39 is 5.66 Å². The molecule has 3 aromatic heterocycles. The topological polar surface area (TPSA) is 125 Å². The van der Waals surface area contributed by atoms with Crippen LogP contribution in [0.1, 0.15) is 35.2 Å². The third-order valence-electron chi connectivity index (χ3n) is 5.89. The lowest BCUT2D eigenvalue weighted by molar-refractivity contribution is -0.121. The second kappa shape index (κ2) is 8.71. The maximum absolute atomic E-state index is 12.1. The van der Waals surface area contributed by atoms with Crippen molar-refractivity contribution >= 4 is 27.5 Å². The predicted molar refractivity (Wildman–Crippen MR) is 131 cm³/mol. The molecule has 6 rings (SSSR count). The largest absolute Gasteiger partial charge is 0.424 e. The number of nitrogens with one attached hydrogen (secondary N) is 1. The number of nitrogens with zero attached hydrogens (tertiary/aromatic N) is 5. The van der Waals surface area contributed by atoms with Gasteiger partial charge in [0.05, 0.1) is 35.0 Å². The Morgan fingerprint density at radius 2 is 1.94 bits per heavy atom. The number of aromatic nitrogens is 5. The Morgan fingerprint density at radius 3 is 2.77 bits per heavy atom. The summed E-state index contributed by atoms with van der Waals surface area (Å²) in [5.41, 5.74) is 9.64. The van der Waals surface area contributed by atoms with Crippen LogP contribution in [0.5, 0.6) is 0 Å². The van der Waals surface area contributed by atoms with Crippen molar-refractivity contribution in [3.63, 3.8) is 0 Å². The Labute approximate surface area is 205 Å². The second-order valence-electron chi connectivity index (χ2n) is 8.85. The predicted octanol–water partition coefficient (Wildman–Crippen LogP) is 3.29. The van der Waals surface area contributed by atoms with Crippen LogP contribution in [-0.2, 0) is 24.2 Å². The van der Waals surface area contributed by atoms with Crippen molar-refractivity contribution in [2.75, 3.05) is 0 Å². The van der Waals surface area contributed by atoms with Gasteiger partial charge in [0.2, 0.25) is 17.7 Å². The summed E-state index contributed by atoms with van der Waals surface area (Å²) in [6.07, 6.45) is 5.97. The van der Waals surface area contributed by atoms with Crippen LogP contribution in [0.2, 0.25) is 0 Å². The molecule has 10 heteroatoms. The van der Waals surface area contributed by atoms with E-state index in [1.807, 2.05) is 35.1 Å². The third-order valence-corrected chi connectivity index (χ3v) is 6.90. The summed E-state index contributed by atoms with van der Waals surface area (Å²) < 4.78 is 8.68. The third kappa shape index (κ3) is 4.98. The Bertz CT molecular complexity index is 1500. The minimum atomic E-state index is -0.555. The summed E-state index contributed by atoms with van der Waals surface area (Å²) in [4.78, 5) is 16.8. The maximum atomic E-state index is 12.1. The molecule has 0 atom stereocenters. The fourth-order valence-corrected chi connectivity index (χ4v) is 4.87. The average molecular weight is 486 g/mol. The van der Waals surface area contributed by atoms with Crippen LogP contribution in [-0.4, -0.2) is 36.5 Å². The van der Waals surface area contributed by atoms with Gasteiger partial charge in [-0.1, -0.05) is 36.4 Å². The van der Waals surface area contributed by atoms with Gasteiger partial charge in [0.1, 0.15) is 11.4 Å². The molecule has 1 aliphatic rings. The van der Waals surface area contributed by atoms with Crippen molar-refractivity contribution < 1.29 is 9.21 Å². The Morgan fingerprint density at radius 1 is 1.11 bits per heavy atom. The molecule has 1 amide bonds. The van der Waals surface area contributed by atoms with Crippen LogP contribution >= 0.6 is 11.3 Å². The molecule has 3 N–H and O–H groups in total. The highest BCUT2D eigenvalue weighted by Gasteiger charge is 2.39. The first kappa shape index (κ1) is 21.6. The summed E-state index contributed by atoms with van der Waals surface area (Å²) in [5, 5.41) is 16.2. The first-order valence-corrected chi connectivity index (χ1v) is 12.2. The molecule has 0 bridgehead atoms. The van der Waals surface area contributed by atoms with Crippen LogP contribution in [0.15, 0.2) is 65.3 Å². The molecular formula is C25H23N7O2S.